The van der Waals surface area contributed by atoms with Crippen LogP contribution in [0.2, 0.25) is 5.02 Å². The number of halogens is 2. The van der Waals surface area contributed by atoms with Gasteiger partial charge in [0.2, 0.25) is 0 Å². The summed E-state index contributed by atoms with van der Waals surface area (Å²) in [6, 6.07) is 7.66. The normalized spacial score (nSPS) is 12.8. The molecule has 0 aliphatic rings. The monoisotopic (exact) mass is 330 g/mol. The van der Waals surface area contributed by atoms with Gasteiger partial charge in [-0.25, -0.2) is 0 Å². The average molecular weight is 332 g/mol. The summed E-state index contributed by atoms with van der Waals surface area (Å²) in [5, 5.41) is 11.0. The van der Waals surface area contributed by atoms with Crippen LogP contribution in [-0.2, 0) is 0 Å². The molecule has 17 heavy (non-hydrogen) atoms. The van der Waals surface area contributed by atoms with E-state index >= 15 is 0 Å². The maximum Gasteiger partial charge on any atom is 0.115 e. The van der Waals surface area contributed by atoms with Crippen molar-refractivity contribution in [3.8, 4) is 0 Å². The number of aryl methyl sites for hydroxylation is 2. The fraction of sp³-hybridized carbons (Fsp3) is 0.231. The minimum atomic E-state index is -0.655. The molecule has 1 atom stereocenters. The first kappa shape index (κ1) is 13.1. The quantitative estimate of drug-likeness (QED) is 0.833. The molecule has 0 radical (unpaired) electrons. The lowest BCUT2D eigenvalue weighted by Gasteiger charge is -2.12. The molecule has 1 unspecified atom stereocenters. The van der Waals surface area contributed by atoms with Gasteiger partial charge < -0.3 is 5.11 Å². The molecule has 0 saturated heterocycles. The lowest BCUT2D eigenvalue weighted by atomic mass is 10.1. The van der Waals surface area contributed by atoms with Crippen molar-refractivity contribution in [1.29, 1.82) is 0 Å². The van der Waals surface area contributed by atoms with E-state index in [1.807, 2.05) is 38.1 Å². The minimum Gasteiger partial charge on any atom is -0.383 e. The topological polar surface area (TPSA) is 20.2 Å². The number of aliphatic hydroxyl groups is 1. The Morgan fingerprint density at radius 2 is 2.06 bits per heavy atom. The fourth-order valence-electron chi connectivity index (χ4n) is 1.65. The van der Waals surface area contributed by atoms with E-state index in [0.717, 1.165) is 25.4 Å². The molecule has 0 aliphatic heterocycles. The molecular formula is C13H12BrClOS. The van der Waals surface area contributed by atoms with Crippen LogP contribution in [0.4, 0.5) is 0 Å². The zero-order chi connectivity index (χ0) is 12.6. The second-order valence-electron chi connectivity index (χ2n) is 3.93. The Bertz CT molecular complexity index is 531. The summed E-state index contributed by atoms with van der Waals surface area (Å²) in [7, 11) is 0. The zero-order valence-corrected chi connectivity index (χ0v) is 12.7. The first-order chi connectivity index (χ1) is 8.00. The molecule has 1 heterocycles. The van der Waals surface area contributed by atoms with Gasteiger partial charge in [0, 0.05) is 24.8 Å². The van der Waals surface area contributed by atoms with Crippen LogP contribution in [0, 0.1) is 13.8 Å². The summed E-state index contributed by atoms with van der Waals surface area (Å²) < 4.78 is 1.03. The summed E-state index contributed by atoms with van der Waals surface area (Å²) in [4.78, 5) is 2.06. The van der Waals surface area contributed by atoms with Gasteiger partial charge in [-0.3, -0.25) is 0 Å². The van der Waals surface area contributed by atoms with Crippen LogP contribution in [-0.4, -0.2) is 5.11 Å². The predicted octanol–water partition coefficient (Wildman–Crippen LogP) is 4.86. The smallest absolute Gasteiger partial charge is 0.115 e. The molecule has 1 nitrogen and oxygen atoms in total. The van der Waals surface area contributed by atoms with Crippen molar-refractivity contribution in [2.45, 2.75) is 20.0 Å². The van der Waals surface area contributed by atoms with Gasteiger partial charge in [-0.15, -0.1) is 11.3 Å². The van der Waals surface area contributed by atoms with E-state index in [1.54, 1.807) is 11.3 Å². The van der Waals surface area contributed by atoms with Gasteiger partial charge in [0.1, 0.15) is 6.10 Å². The van der Waals surface area contributed by atoms with Gasteiger partial charge in [-0.1, -0.05) is 29.8 Å². The van der Waals surface area contributed by atoms with E-state index in [0.29, 0.717) is 5.02 Å². The fourth-order valence-corrected chi connectivity index (χ4v) is 3.45. The molecule has 0 aliphatic carbocycles. The van der Waals surface area contributed by atoms with E-state index in [9.17, 15) is 5.11 Å². The summed E-state index contributed by atoms with van der Waals surface area (Å²) >= 11 is 11.3. The molecule has 0 fully saturated rings. The molecule has 0 saturated carbocycles. The Balaban J connectivity index is 2.43. The van der Waals surface area contributed by atoms with Crippen molar-refractivity contribution in [3.05, 3.63) is 54.6 Å². The molecule has 0 amide bonds. The highest BCUT2D eigenvalue weighted by Crippen LogP contribution is 2.36. The third kappa shape index (κ3) is 2.58. The Morgan fingerprint density at radius 1 is 1.35 bits per heavy atom. The summed E-state index contributed by atoms with van der Waals surface area (Å²) in [6.07, 6.45) is -0.655. The third-order valence-electron chi connectivity index (χ3n) is 2.66. The molecule has 1 N–H and O–H groups in total. The second-order valence-corrected chi connectivity index (χ2v) is 6.45. The second kappa shape index (κ2) is 5.11. The van der Waals surface area contributed by atoms with Crippen LogP contribution < -0.4 is 0 Å². The van der Waals surface area contributed by atoms with Crippen molar-refractivity contribution < 1.29 is 5.11 Å². The highest BCUT2D eigenvalue weighted by Gasteiger charge is 2.17. The Morgan fingerprint density at radius 3 is 2.65 bits per heavy atom. The number of benzene rings is 1. The van der Waals surface area contributed by atoms with Crippen LogP contribution >= 0.6 is 38.9 Å². The van der Waals surface area contributed by atoms with Crippen LogP contribution in [0.1, 0.15) is 27.0 Å². The molecule has 2 rings (SSSR count). The van der Waals surface area contributed by atoms with Crippen molar-refractivity contribution in [1.82, 2.24) is 0 Å². The van der Waals surface area contributed by atoms with Gasteiger partial charge in [0.15, 0.2) is 0 Å². The maximum absolute atomic E-state index is 10.3. The number of aliphatic hydroxyl groups excluding tert-OH is 1. The highest BCUT2D eigenvalue weighted by atomic mass is 79.9. The number of hydrogen-bond donors (Lipinski definition) is 1. The summed E-state index contributed by atoms with van der Waals surface area (Å²) in [6.45, 7) is 3.96. The molecule has 4 heteroatoms. The maximum atomic E-state index is 10.3. The molecule has 0 bridgehead atoms. The van der Waals surface area contributed by atoms with Crippen molar-refractivity contribution in [3.63, 3.8) is 0 Å². The molecular weight excluding hydrogens is 320 g/mol. The Hall–Kier alpha value is -0.350. The molecule has 0 spiro atoms. The largest absolute Gasteiger partial charge is 0.383 e. The van der Waals surface area contributed by atoms with E-state index in [-0.39, 0.29) is 0 Å². The van der Waals surface area contributed by atoms with Crippen molar-refractivity contribution >= 4 is 38.9 Å². The first-order valence-electron chi connectivity index (χ1n) is 5.19. The highest BCUT2D eigenvalue weighted by molar-refractivity contribution is 9.10. The van der Waals surface area contributed by atoms with Gasteiger partial charge >= 0.3 is 0 Å². The van der Waals surface area contributed by atoms with Gasteiger partial charge in [0.25, 0.3) is 0 Å². The molecule has 90 valence electrons. The SMILES string of the molecule is Cc1cccc(C(O)c2cc(Br)c(C)s2)c1Cl. The average Bonchev–Trinajstić information content (AvgIpc) is 2.62. The van der Waals surface area contributed by atoms with E-state index in [1.165, 1.54) is 0 Å². The lowest BCUT2D eigenvalue weighted by molar-refractivity contribution is 0.224. The lowest BCUT2D eigenvalue weighted by Crippen LogP contribution is -1.98. The Kier molecular flexibility index (Phi) is 3.93. The van der Waals surface area contributed by atoms with E-state index in [4.69, 9.17) is 11.6 Å². The van der Waals surface area contributed by atoms with Gasteiger partial charge in [-0.2, -0.15) is 0 Å². The molecule has 2 aromatic rings. The van der Waals surface area contributed by atoms with Crippen LogP contribution in [0.3, 0.4) is 0 Å². The first-order valence-corrected chi connectivity index (χ1v) is 7.18. The zero-order valence-electron chi connectivity index (χ0n) is 9.50. The summed E-state index contributed by atoms with van der Waals surface area (Å²) in [5.41, 5.74) is 1.75. The predicted molar refractivity (Wildman–Crippen MR) is 77.0 cm³/mol. The Labute approximate surface area is 118 Å². The third-order valence-corrected chi connectivity index (χ3v) is 5.37. The molecule has 1 aromatic carbocycles. The molecule has 1 aromatic heterocycles. The van der Waals surface area contributed by atoms with Crippen molar-refractivity contribution in [2.75, 3.05) is 0 Å². The van der Waals surface area contributed by atoms with E-state index in [2.05, 4.69) is 15.9 Å². The number of rotatable bonds is 2. The summed E-state index contributed by atoms with van der Waals surface area (Å²) in [5.74, 6) is 0. The number of thiophene rings is 1. The van der Waals surface area contributed by atoms with Crippen LogP contribution in [0.25, 0.3) is 0 Å². The van der Waals surface area contributed by atoms with Gasteiger partial charge in [-0.05, 0) is 41.4 Å². The van der Waals surface area contributed by atoms with Gasteiger partial charge in [0.05, 0.1) is 0 Å². The van der Waals surface area contributed by atoms with E-state index < -0.39 is 6.10 Å². The standard InChI is InChI=1S/C13H12BrClOS/c1-7-4-3-5-9(12(7)15)13(16)11-6-10(14)8(2)17-11/h3-6,13,16H,1-2H3. The number of hydrogen-bond acceptors (Lipinski definition) is 2. The van der Waals surface area contributed by atoms with Crippen LogP contribution in [0.15, 0.2) is 28.7 Å². The van der Waals surface area contributed by atoms with Crippen LogP contribution in [0.5, 0.6) is 0 Å². The van der Waals surface area contributed by atoms with Crippen molar-refractivity contribution in [2.24, 2.45) is 0 Å². The minimum absolute atomic E-state index is 0.641.